The summed E-state index contributed by atoms with van der Waals surface area (Å²) in [7, 11) is 1.73. The average Bonchev–Trinajstić information content (AvgIpc) is 2.49. The monoisotopic (exact) mass is 279 g/mol. The highest BCUT2D eigenvalue weighted by Gasteiger charge is 2.08. The summed E-state index contributed by atoms with van der Waals surface area (Å²) in [5.41, 5.74) is 1.39. The zero-order valence-electron chi connectivity index (χ0n) is 13.2. The number of methoxy groups -OCH3 is 1. The fraction of sp³-hybridized carbons (Fsp3) is 0.647. The minimum Gasteiger partial charge on any atom is -0.492 e. The summed E-state index contributed by atoms with van der Waals surface area (Å²) in [5, 5.41) is 3.43. The summed E-state index contributed by atoms with van der Waals surface area (Å²) in [4.78, 5) is 0. The van der Waals surface area contributed by atoms with Gasteiger partial charge in [0, 0.05) is 7.11 Å². The molecule has 0 spiro atoms. The van der Waals surface area contributed by atoms with E-state index in [2.05, 4.69) is 43.4 Å². The van der Waals surface area contributed by atoms with E-state index in [9.17, 15) is 0 Å². The smallest absolute Gasteiger partial charge is 0.119 e. The molecule has 3 nitrogen and oxygen atoms in total. The van der Waals surface area contributed by atoms with Crippen molar-refractivity contribution in [1.29, 1.82) is 0 Å². The molecule has 0 saturated carbocycles. The maximum Gasteiger partial charge on any atom is 0.119 e. The van der Waals surface area contributed by atoms with E-state index in [1.165, 1.54) is 18.4 Å². The van der Waals surface area contributed by atoms with Gasteiger partial charge in [0.25, 0.3) is 0 Å². The third-order valence-corrected chi connectivity index (χ3v) is 3.24. The molecule has 0 aliphatic carbocycles. The molecule has 1 aromatic rings. The summed E-state index contributed by atoms with van der Waals surface area (Å²) >= 11 is 0. The number of unbranched alkanes of at least 4 members (excludes halogenated alkanes) is 1. The molecular weight excluding hydrogens is 250 g/mol. The first kappa shape index (κ1) is 17.0. The molecule has 0 bridgehead atoms. The van der Waals surface area contributed by atoms with Crippen LogP contribution in [-0.2, 0) is 11.2 Å². The van der Waals surface area contributed by atoms with Gasteiger partial charge in [-0.1, -0.05) is 32.4 Å². The number of ether oxygens (including phenoxy) is 2. The largest absolute Gasteiger partial charge is 0.492 e. The van der Waals surface area contributed by atoms with Crippen molar-refractivity contribution >= 4 is 0 Å². The molecule has 0 amide bonds. The summed E-state index contributed by atoms with van der Waals surface area (Å²) in [6.07, 6.45) is 4.75. The van der Waals surface area contributed by atoms with Crippen LogP contribution in [0.5, 0.6) is 5.75 Å². The molecule has 1 aromatic carbocycles. The Hall–Kier alpha value is -1.06. The van der Waals surface area contributed by atoms with Crippen LogP contribution in [0.25, 0.3) is 0 Å². The molecule has 0 aliphatic rings. The zero-order valence-corrected chi connectivity index (χ0v) is 13.2. The second-order valence-corrected chi connectivity index (χ2v) is 5.16. The molecule has 114 valence electrons. The van der Waals surface area contributed by atoms with E-state index < -0.39 is 0 Å². The maximum atomic E-state index is 5.83. The molecule has 0 saturated heterocycles. The molecule has 1 rings (SSSR count). The Morgan fingerprint density at radius 2 is 1.80 bits per heavy atom. The molecule has 1 atom stereocenters. The van der Waals surface area contributed by atoms with Gasteiger partial charge in [0.2, 0.25) is 0 Å². The second-order valence-electron chi connectivity index (χ2n) is 5.16. The fourth-order valence-electron chi connectivity index (χ4n) is 2.05. The number of benzene rings is 1. The van der Waals surface area contributed by atoms with Gasteiger partial charge in [0.1, 0.15) is 12.4 Å². The number of hydrogen-bond acceptors (Lipinski definition) is 3. The van der Waals surface area contributed by atoms with Crippen molar-refractivity contribution in [3.8, 4) is 5.75 Å². The SMILES string of the molecule is CCCCc1ccc(OCC(COC)NCCC)cc1. The average molecular weight is 279 g/mol. The Bertz CT molecular complexity index is 337. The molecule has 0 aromatic heterocycles. The standard InChI is InChI=1S/C17H29NO2/c1-4-6-7-15-8-10-17(11-9-15)20-14-16(13-19-3)18-12-5-2/h8-11,16,18H,4-7,12-14H2,1-3H3. The Kier molecular flexibility index (Phi) is 9.09. The Balaban J connectivity index is 2.38. The van der Waals surface area contributed by atoms with Crippen molar-refractivity contribution in [3.05, 3.63) is 29.8 Å². The fourth-order valence-corrected chi connectivity index (χ4v) is 2.05. The van der Waals surface area contributed by atoms with Crippen molar-refractivity contribution in [1.82, 2.24) is 5.32 Å². The van der Waals surface area contributed by atoms with Gasteiger partial charge in [0.05, 0.1) is 12.6 Å². The first-order valence-corrected chi connectivity index (χ1v) is 7.74. The normalized spacial score (nSPS) is 12.3. The molecule has 3 heteroatoms. The van der Waals surface area contributed by atoms with Crippen molar-refractivity contribution in [2.75, 3.05) is 26.9 Å². The van der Waals surface area contributed by atoms with E-state index in [1.54, 1.807) is 7.11 Å². The zero-order chi connectivity index (χ0) is 14.6. The van der Waals surface area contributed by atoms with E-state index in [4.69, 9.17) is 9.47 Å². The Labute approximate surface area is 123 Å². The molecule has 20 heavy (non-hydrogen) atoms. The predicted octanol–water partition coefficient (Wildman–Crippen LogP) is 3.42. The molecule has 0 aliphatic heterocycles. The van der Waals surface area contributed by atoms with Crippen LogP contribution >= 0.6 is 0 Å². The molecule has 1 unspecified atom stereocenters. The van der Waals surface area contributed by atoms with Crippen molar-refractivity contribution in [2.24, 2.45) is 0 Å². The van der Waals surface area contributed by atoms with E-state index in [-0.39, 0.29) is 6.04 Å². The van der Waals surface area contributed by atoms with Crippen LogP contribution in [0.4, 0.5) is 0 Å². The summed E-state index contributed by atoms with van der Waals surface area (Å²) < 4.78 is 11.0. The number of hydrogen-bond donors (Lipinski definition) is 1. The summed E-state index contributed by atoms with van der Waals surface area (Å²) in [6, 6.07) is 8.70. The number of aryl methyl sites for hydroxylation is 1. The van der Waals surface area contributed by atoms with Gasteiger partial charge in [-0.3, -0.25) is 0 Å². The molecular formula is C17H29NO2. The Morgan fingerprint density at radius 1 is 1.05 bits per heavy atom. The lowest BCUT2D eigenvalue weighted by Gasteiger charge is -2.18. The van der Waals surface area contributed by atoms with Crippen molar-refractivity contribution in [2.45, 2.75) is 45.6 Å². The van der Waals surface area contributed by atoms with E-state index in [1.807, 2.05) is 0 Å². The lowest BCUT2D eigenvalue weighted by molar-refractivity contribution is 0.136. The summed E-state index contributed by atoms with van der Waals surface area (Å²) in [6.45, 7) is 6.69. The van der Waals surface area contributed by atoms with Gasteiger partial charge in [-0.25, -0.2) is 0 Å². The van der Waals surface area contributed by atoms with Gasteiger partial charge < -0.3 is 14.8 Å². The molecule has 0 radical (unpaired) electrons. The third kappa shape index (κ3) is 6.92. The Morgan fingerprint density at radius 3 is 2.40 bits per heavy atom. The highest BCUT2D eigenvalue weighted by molar-refractivity contribution is 5.27. The van der Waals surface area contributed by atoms with Gasteiger partial charge in [0.15, 0.2) is 0 Å². The van der Waals surface area contributed by atoms with Crippen LogP contribution in [-0.4, -0.2) is 32.9 Å². The van der Waals surface area contributed by atoms with Gasteiger partial charge in [-0.05, 0) is 43.5 Å². The topological polar surface area (TPSA) is 30.5 Å². The van der Waals surface area contributed by atoms with Gasteiger partial charge in [-0.2, -0.15) is 0 Å². The van der Waals surface area contributed by atoms with Crippen LogP contribution in [0, 0.1) is 0 Å². The quantitative estimate of drug-likeness (QED) is 0.673. The first-order valence-electron chi connectivity index (χ1n) is 7.74. The van der Waals surface area contributed by atoms with Crippen LogP contribution in [0.15, 0.2) is 24.3 Å². The first-order chi connectivity index (χ1) is 9.80. The maximum absolute atomic E-state index is 5.83. The van der Waals surface area contributed by atoms with E-state index in [0.29, 0.717) is 13.2 Å². The summed E-state index contributed by atoms with van der Waals surface area (Å²) in [5.74, 6) is 0.935. The molecule has 1 N–H and O–H groups in total. The van der Waals surface area contributed by atoms with Gasteiger partial charge in [-0.15, -0.1) is 0 Å². The highest BCUT2D eigenvalue weighted by Crippen LogP contribution is 2.14. The minimum atomic E-state index is 0.250. The highest BCUT2D eigenvalue weighted by atomic mass is 16.5. The predicted molar refractivity (Wildman–Crippen MR) is 84.5 cm³/mol. The third-order valence-electron chi connectivity index (χ3n) is 3.24. The van der Waals surface area contributed by atoms with Crippen LogP contribution < -0.4 is 10.1 Å². The lowest BCUT2D eigenvalue weighted by atomic mass is 10.1. The number of nitrogens with one attached hydrogen (secondary N) is 1. The van der Waals surface area contributed by atoms with Crippen LogP contribution in [0.3, 0.4) is 0 Å². The minimum absolute atomic E-state index is 0.250. The van der Waals surface area contributed by atoms with Crippen LogP contribution in [0.1, 0.15) is 38.7 Å². The van der Waals surface area contributed by atoms with Crippen LogP contribution in [0.2, 0.25) is 0 Å². The van der Waals surface area contributed by atoms with Crippen molar-refractivity contribution < 1.29 is 9.47 Å². The molecule has 0 heterocycles. The molecule has 0 fully saturated rings. The van der Waals surface area contributed by atoms with E-state index in [0.717, 1.165) is 25.1 Å². The van der Waals surface area contributed by atoms with Crippen molar-refractivity contribution in [3.63, 3.8) is 0 Å². The lowest BCUT2D eigenvalue weighted by Crippen LogP contribution is -2.38. The van der Waals surface area contributed by atoms with E-state index >= 15 is 0 Å². The number of rotatable bonds is 11. The second kappa shape index (κ2) is 10.7. The van der Waals surface area contributed by atoms with Gasteiger partial charge >= 0.3 is 0 Å².